The molecule has 0 spiro atoms. The molecule has 96 valence electrons. The van der Waals surface area contributed by atoms with Gasteiger partial charge in [0.2, 0.25) is 0 Å². The summed E-state index contributed by atoms with van der Waals surface area (Å²) in [4.78, 5) is 0. The Balaban J connectivity index is 2.06. The first-order valence-corrected chi connectivity index (χ1v) is 7.29. The monoisotopic (exact) mass is 260 g/mol. The van der Waals surface area contributed by atoms with Crippen molar-refractivity contribution in [1.82, 2.24) is 9.78 Å². The smallest absolute Gasteiger partial charge is 0.157 e. The van der Waals surface area contributed by atoms with E-state index in [-0.39, 0.29) is 17.5 Å². The molecule has 1 aromatic rings. The van der Waals surface area contributed by atoms with Crippen molar-refractivity contribution in [1.29, 1.82) is 0 Å². The van der Waals surface area contributed by atoms with Crippen LogP contribution in [0.15, 0.2) is 12.4 Å². The summed E-state index contributed by atoms with van der Waals surface area (Å²) in [7, 11) is -3.18. The van der Waals surface area contributed by atoms with Crippen LogP contribution in [0.1, 0.15) is 19.9 Å². The molecule has 0 radical (unpaired) electrons. The number of sulfone groups is 1. The van der Waals surface area contributed by atoms with Crippen LogP contribution >= 0.6 is 0 Å². The maximum Gasteiger partial charge on any atom is 0.157 e. The highest BCUT2D eigenvalue weighted by Gasteiger charge is 2.38. The molecule has 1 N–H and O–H groups in total. The lowest BCUT2D eigenvalue weighted by molar-refractivity contribution is 0.0737. The third-order valence-corrected chi connectivity index (χ3v) is 4.35. The van der Waals surface area contributed by atoms with Gasteiger partial charge in [0, 0.05) is 6.04 Å². The van der Waals surface area contributed by atoms with E-state index < -0.39 is 22.0 Å². The maximum absolute atomic E-state index is 11.3. The summed E-state index contributed by atoms with van der Waals surface area (Å²) < 4.78 is 29.7. The second-order valence-electron chi connectivity index (χ2n) is 4.55. The van der Waals surface area contributed by atoms with Crippen LogP contribution in [0.4, 0.5) is 0 Å². The van der Waals surface area contributed by atoms with Crippen LogP contribution in [0.5, 0.6) is 5.75 Å². The number of hydrogen-bond acceptors (Lipinski definition) is 5. The van der Waals surface area contributed by atoms with E-state index in [2.05, 4.69) is 5.10 Å². The number of aliphatic hydroxyl groups is 1. The van der Waals surface area contributed by atoms with Gasteiger partial charge in [0.1, 0.15) is 12.2 Å². The fourth-order valence-corrected chi connectivity index (χ4v) is 3.41. The Kier molecular flexibility index (Phi) is 3.13. The number of nitrogens with zero attached hydrogens (tertiary/aromatic N) is 2. The zero-order valence-corrected chi connectivity index (χ0v) is 10.6. The molecule has 1 aliphatic rings. The fraction of sp³-hybridized carbons (Fsp3) is 0.700. The van der Waals surface area contributed by atoms with Crippen molar-refractivity contribution in [3.8, 4) is 5.75 Å². The lowest BCUT2D eigenvalue weighted by atomic mass is 10.2. The minimum absolute atomic E-state index is 0.138. The Morgan fingerprint density at radius 2 is 2.24 bits per heavy atom. The molecule has 2 atom stereocenters. The highest BCUT2D eigenvalue weighted by molar-refractivity contribution is 7.91. The first-order chi connectivity index (χ1) is 7.87. The second-order valence-corrected chi connectivity index (χ2v) is 6.70. The Bertz CT molecular complexity index is 494. The Morgan fingerprint density at radius 3 is 2.71 bits per heavy atom. The molecule has 6 nitrogen and oxygen atoms in total. The molecule has 1 fully saturated rings. The molecule has 1 saturated heterocycles. The summed E-state index contributed by atoms with van der Waals surface area (Å²) in [6.07, 6.45) is 1.58. The summed E-state index contributed by atoms with van der Waals surface area (Å²) in [5.41, 5.74) is 0. The molecule has 1 aromatic heterocycles. The van der Waals surface area contributed by atoms with E-state index >= 15 is 0 Å². The summed E-state index contributed by atoms with van der Waals surface area (Å²) in [5, 5.41) is 13.7. The van der Waals surface area contributed by atoms with Gasteiger partial charge in [-0.05, 0) is 13.8 Å². The summed E-state index contributed by atoms with van der Waals surface area (Å²) in [5.74, 6) is 0.122. The highest BCUT2D eigenvalue weighted by atomic mass is 32.2. The quantitative estimate of drug-likeness (QED) is 0.827. The maximum atomic E-state index is 11.3. The molecule has 0 bridgehead atoms. The predicted octanol–water partition coefficient (Wildman–Crippen LogP) is 0.000700. The number of ether oxygens (including phenoxy) is 1. The number of aliphatic hydroxyl groups excluding tert-OH is 1. The number of hydrogen-bond donors (Lipinski definition) is 1. The highest BCUT2D eigenvalue weighted by Crippen LogP contribution is 2.20. The van der Waals surface area contributed by atoms with Crippen molar-refractivity contribution in [3.05, 3.63) is 12.4 Å². The molecule has 2 rings (SSSR count). The van der Waals surface area contributed by atoms with Crippen LogP contribution in [-0.4, -0.2) is 47.0 Å². The van der Waals surface area contributed by atoms with Gasteiger partial charge in [0.25, 0.3) is 0 Å². The Hall–Kier alpha value is -1.08. The zero-order chi connectivity index (χ0) is 12.6. The summed E-state index contributed by atoms with van der Waals surface area (Å²) in [6, 6.07) is 0.213. The normalized spacial score (nSPS) is 27.5. The molecule has 17 heavy (non-hydrogen) atoms. The van der Waals surface area contributed by atoms with Crippen LogP contribution in [0, 0.1) is 0 Å². The number of aromatic nitrogens is 2. The van der Waals surface area contributed by atoms with E-state index in [1.807, 2.05) is 13.8 Å². The van der Waals surface area contributed by atoms with E-state index in [9.17, 15) is 13.5 Å². The van der Waals surface area contributed by atoms with Gasteiger partial charge in [-0.15, -0.1) is 0 Å². The van der Waals surface area contributed by atoms with Crippen LogP contribution in [0.2, 0.25) is 0 Å². The predicted molar refractivity (Wildman–Crippen MR) is 61.7 cm³/mol. The molecule has 0 aliphatic carbocycles. The molecule has 2 heterocycles. The third-order valence-electron chi connectivity index (χ3n) is 2.67. The van der Waals surface area contributed by atoms with Gasteiger partial charge >= 0.3 is 0 Å². The van der Waals surface area contributed by atoms with Crippen molar-refractivity contribution >= 4 is 9.84 Å². The van der Waals surface area contributed by atoms with Crippen molar-refractivity contribution in [2.75, 3.05) is 11.5 Å². The average Bonchev–Trinajstić information content (AvgIpc) is 2.72. The SMILES string of the molecule is CC(C)n1cc(O[C@@H]2CS(=O)(=O)C[C@H]2O)cn1. The standard InChI is InChI=1S/C10H16N2O4S/c1-7(2)12-4-8(3-11-12)16-10-6-17(14,15)5-9(10)13/h3-4,7,9-10,13H,5-6H2,1-2H3/t9-,10-/m1/s1. The topological polar surface area (TPSA) is 81.4 Å². The third kappa shape index (κ3) is 2.78. The lowest BCUT2D eigenvalue weighted by Gasteiger charge is -2.13. The minimum Gasteiger partial charge on any atom is -0.483 e. The molecular weight excluding hydrogens is 244 g/mol. The summed E-state index contributed by atoms with van der Waals surface area (Å²) in [6.45, 7) is 3.96. The van der Waals surface area contributed by atoms with Gasteiger partial charge in [0.15, 0.2) is 15.6 Å². The van der Waals surface area contributed by atoms with Gasteiger partial charge in [0.05, 0.1) is 23.9 Å². The second kappa shape index (κ2) is 4.30. The zero-order valence-electron chi connectivity index (χ0n) is 9.78. The van der Waals surface area contributed by atoms with Gasteiger partial charge in [-0.1, -0.05) is 0 Å². The van der Waals surface area contributed by atoms with Gasteiger partial charge in [-0.25, -0.2) is 8.42 Å². The van der Waals surface area contributed by atoms with Crippen LogP contribution in [0.3, 0.4) is 0 Å². The number of rotatable bonds is 3. The fourth-order valence-electron chi connectivity index (χ4n) is 1.75. The molecule has 1 aliphatic heterocycles. The van der Waals surface area contributed by atoms with E-state index in [1.165, 1.54) is 6.20 Å². The Labute approximate surface area is 100 Å². The minimum atomic E-state index is -3.18. The van der Waals surface area contributed by atoms with Crippen molar-refractivity contribution in [2.45, 2.75) is 32.1 Å². The van der Waals surface area contributed by atoms with Gasteiger partial charge in [-0.2, -0.15) is 5.10 Å². The molecule has 0 aromatic carbocycles. The van der Waals surface area contributed by atoms with Gasteiger partial charge in [-0.3, -0.25) is 4.68 Å². The average molecular weight is 260 g/mol. The van der Waals surface area contributed by atoms with E-state index in [1.54, 1.807) is 10.9 Å². The molecule has 0 unspecified atom stereocenters. The molecule has 0 saturated carbocycles. The van der Waals surface area contributed by atoms with Crippen LogP contribution in [-0.2, 0) is 9.84 Å². The van der Waals surface area contributed by atoms with E-state index in [4.69, 9.17) is 4.74 Å². The van der Waals surface area contributed by atoms with Crippen molar-refractivity contribution < 1.29 is 18.3 Å². The summed E-state index contributed by atoms with van der Waals surface area (Å²) >= 11 is 0. The Morgan fingerprint density at radius 1 is 1.53 bits per heavy atom. The lowest BCUT2D eigenvalue weighted by Crippen LogP contribution is -2.29. The van der Waals surface area contributed by atoms with Crippen LogP contribution < -0.4 is 4.74 Å². The first-order valence-electron chi connectivity index (χ1n) is 5.47. The van der Waals surface area contributed by atoms with E-state index in [0.29, 0.717) is 5.75 Å². The molecule has 7 heteroatoms. The molecule has 0 amide bonds. The van der Waals surface area contributed by atoms with Crippen molar-refractivity contribution in [2.24, 2.45) is 0 Å². The molecular formula is C10H16N2O4S. The largest absolute Gasteiger partial charge is 0.483 e. The van der Waals surface area contributed by atoms with E-state index in [0.717, 1.165) is 0 Å². The first kappa shape index (κ1) is 12.4. The van der Waals surface area contributed by atoms with Crippen LogP contribution in [0.25, 0.3) is 0 Å². The van der Waals surface area contributed by atoms with Crippen molar-refractivity contribution in [3.63, 3.8) is 0 Å². The van der Waals surface area contributed by atoms with Gasteiger partial charge < -0.3 is 9.84 Å².